The molecule has 1 aromatic heterocycles. The lowest BCUT2D eigenvalue weighted by molar-refractivity contribution is -0.144. The smallest absolute Gasteiger partial charge is 0.328 e. The number of aromatic amines is 1. The van der Waals surface area contributed by atoms with E-state index in [2.05, 4.69) is 15.3 Å². The molecule has 3 rings (SSSR count). The highest BCUT2D eigenvalue weighted by Gasteiger charge is 2.36. The van der Waals surface area contributed by atoms with Gasteiger partial charge >= 0.3 is 12.0 Å². The van der Waals surface area contributed by atoms with E-state index in [0.717, 1.165) is 5.69 Å². The van der Waals surface area contributed by atoms with Crippen molar-refractivity contribution in [1.29, 1.82) is 0 Å². The van der Waals surface area contributed by atoms with Gasteiger partial charge in [-0.05, 0) is 23.6 Å². The van der Waals surface area contributed by atoms with E-state index < -0.39 is 24.1 Å². The van der Waals surface area contributed by atoms with Gasteiger partial charge in [0, 0.05) is 18.7 Å². The number of urea groups is 1. The van der Waals surface area contributed by atoms with E-state index in [-0.39, 0.29) is 11.7 Å². The molecule has 0 fully saturated rings. The number of hydrogen-bond acceptors (Lipinski definition) is 4. The minimum absolute atomic E-state index is 0.0882. The van der Waals surface area contributed by atoms with Crippen molar-refractivity contribution >= 4 is 12.0 Å². The Balaban J connectivity index is 1.92. The number of ether oxygens (including phenoxy) is 1. The molecule has 0 saturated heterocycles. The number of imidazole rings is 1. The Morgan fingerprint density at radius 2 is 2.25 bits per heavy atom. The highest BCUT2D eigenvalue weighted by Crippen LogP contribution is 2.33. The number of rotatable bonds is 5. The molecule has 1 aromatic carbocycles. The Kier molecular flexibility index (Phi) is 5.96. The van der Waals surface area contributed by atoms with Crippen molar-refractivity contribution in [3.05, 3.63) is 53.4 Å². The average molecular weight is 388 g/mol. The van der Waals surface area contributed by atoms with Crippen molar-refractivity contribution in [1.82, 2.24) is 20.2 Å². The number of halogens is 1. The van der Waals surface area contributed by atoms with Gasteiger partial charge < -0.3 is 19.9 Å². The van der Waals surface area contributed by atoms with Crippen LogP contribution in [0.2, 0.25) is 0 Å². The first-order valence-electron chi connectivity index (χ1n) is 9.38. The molecule has 0 bridgehead atoms. The van der Waals surface area contributed by atoms with Gasteiger partial charge in [-0.3, -0.25) is 0 Å². The lowest BCUT2D eigenvalue weighted by Crippen LogP contribution is -2.53. The summed E-state index contributed by atoms with van der Waals surface area (Å²) >= 11 is 0. The number of carbonyl (C=O) groups excluding carboxylic acids is 2. The van der Waals surface area contributed by atoms with Gasteiger partial charge in [0.25, 0.3) is 0 Å². The van der Waals surface area contributed by atoms with Crippen molar-refractivity contribution in [3.63, 3.8) is 0 Å². The fourth-order valence-corrected chi connectivity index (χ4v) is 3.52. The number of benzene rings is 1. The fourth-order valence-electron chi connectivity index (χ4n) is 3.52. The summed E-state index contributed by atoms with van der Waals surface area (Å²) in [6, 6.07) is 4.44. The zero-order valence-corrected chi connectivity index (χ0v) is 16.2. The molecule has 0 radical (unpaired) electrons. The molecule has 0 saturated carbocycles. The number of aromatic nitrogens is 2. The van der Waals surface area contributed by atoms with Crippen LogP contribution >= 0.6 is 0 Å². The van der Waals surface area contributed by atoms with Crippen molar-refractivity contribution < 1.29 is 18.7 Å². The molecule has 3 atom stereocenters. The van der Waals surface area contributed by atoms with Gasteiger partial charge in [-0.25, -0.2) is 19.0 Å². The SMILES string of the molecule is CC[C@H](C)[C@@H](NC(=O)N1CCc2[nH]cnc2[C@H]1c1cccc(F)c1)C(=O)OC. The molecule has 7 nitrogen and oxygen atoms in total. The van der Waals surface area contributed by atoms with Crippen LogP contribution in [0, 0.1) is 11.7 Å². The van der Waals surface area contributed by atoms with Gasteiger partial charge in [0.1, 0.15) is 17.9 Å². The minimum Gasteiger partial charge on any atom is -0.467 e. The van der Waals surface area contributed by atoms with Crippen molar-refractivity contribution in [3.8, 4) is 0 Å². The molecule has 28 heavy (non-hydrogen) atoms. The standard InChI is InChI=1S/C20H25FN4O3/c1-4-12(2)16(19(26)28-3)24-20(27)25-9-8-15-17(23-11-22-15)18(25)13-6-5-7-14(21)10-13/h5-7,10-12,16,18H,4,8-9H2,1-3H3,(H,22,23)(H,24,27)/t12-,16+,18+/m0/s1. The number of methoxy groups -OCH3 is 1. The average Bonchev–Trinajstić information content (AvgIpc) is 3.18. The van der Waals surface area contributed by atoms with Gasteiger partial charge in [-0.2, -0.15) is 0 Å². The van der Waals surface area contributed by atoms with Crippen molar-refractivity contribution in [2.75, 3.05) is 13.7 Å². The first-order chi connectivity index (χ1) is 13.5. The highest BCUT2D eigenvalue weighted by molar-refractivity contribution is 5.84. The Labute approximate surface area is 163 Å². The van der Waals surface area contributed by atoms with E-state index in [1.807, 2.05) is 13.8 Å². The van der Waals surface area contributed by atoms with E-state index in [0.29, 0.717) is 30.6 Å². The number of nitrogens with one attached hydrogen (secondary N) is 2. The van der Waals surface area contributed by atoms with Gasteiger partial charge in [-0.1, -0.05) is 32.4 Å². The van der Waals surface area contributed by atoms with Crippen LogP contribution in [0.15, 0.2) is 30.6 Å². The molecule has 1 aliphatic heterocycles. The van der Waals surface area contributed by atoms with Crippen LogP contribution in [0.1, 0.15) is 43.3 Å². The van der Waals surface area contributed by atoms with E-state index >= 15 is 0 Å². The number of H-pyrrole nitrogens is 1. The summed E-state index contributed by atoms with van der Waals surface area (Å²) in [5.41, 5.74) is 2.23. The number of carbonyl (C=O) groups is 2. The second-order valence-corrected chi connectivity index (χ2v) is 7.00. The van der Waals surface area contributed by atoms with Crippen LogP contribution in [-0.2, 0) is 16.0 Å². The lowest BCUT2D eigenvalue weighted by atomic mass is 9.95. The number of nitrogens with zero attached hydrogens (tertiary/aromatic N) is 2. The molecule has 150 valence electrons. The maximum Gasteiger partial charge on any atom is 0.328 e. The molecule has 2 aromatic rings. The van der Waals surface area contributed by atoms with Gasteiger partial charge in [0.2, 0.25) is 0 Å². The maximum atomic E-state index is 13.9. The predicted octanol–water partition coefficient (Wildman–Crippen LogP) is 2.79. The van der Waals surface area contributed by atoms with E-state index in [4.69, 9.17) is 4.74 Å². The quantitative estimate of drug-likeness (QED) is 0.771. The van der Waals surface area contributed by atoms with Gasteiger partial charge in [0.05, 0.1) is 19.1 Å². The zero-order valence-electron chi connectivity index (χ0n) is 16.2. The first-order valence-corrected chi connectivity index (χ1v) is 9.38. The Hall–Kier alpha value is -2.90. The Morgan fingerprint density at radius 1 is 1.46 bits per heavy atom. The molecule has 2 amide bonds. The largest absolute Gasteiger partial charge is 0.467 e. The Morgan fingerprint density at radius 3 is 2.93 bits per heavy atom. The van der Waals surface area contributed by atoms with E-state index in [9.17, 15) is 14.0 Å². The van der Waals surface area contributed by atoms with E-state index in [1.165, 1.54) is 19.2 Å². The lowest BCUT2D eigenvalue weighted by Gasteiger charge is -2.36. The minimum atomic E-state index is -0.753. The second-order valence-electron chi connectivity index (χ2n) is 7.00. The summed E-state index contributed by atoms with van der Waals surface area (Å²) in [6.07, 6.45) is 2.88. The van der Waals surface area contributed by atoms with Crippen molar-refractivity contribution in [2.24, 2.45) is 5.92 Å². The van der Waals surface area contributed by atoms with Crippen LogP contribution in [-0.4, -0.2) is 46.6 Å². The van der Waals surface area contributed by atoms with Crippen LogP contribution < -0.4 is 5.32 Å². The van der Waals surface area contributed by atoms with Crippen LogP contribution in [0.25, 0.3) is 0 Å². The highest BCUT2D eigenvalue weighted by atomic mass is 19.1. The summed E-state index contributed by atoms with van der Waals surface area (Å²) in [5.74, 6) is -0.954. The molecule has 0 aliphatic carbocycles. The summed E-state index contributed by atoms with van der Waals surface area (Å²) < 4.78 is 18.7. The third-order valence-electron chi connectivity index (χ3n) is 5.30. The molecule has 8 heteroatoms. The van der Waals surface area contributed by atoms with Gasteiger partial charge in [-0.15, -0.1) is 0 Å². The number of amides is 2. The molecule has 1 aliphatic rings. The third-order valence-corrected chi connectivity index (χ3v) is 5.30. The Bertz CT molecular complexity index is 853. The van der Waals surface area contributed by atoms with Crippen LogP contribution in [0.4, 0.5) is 9.18 Å². The second kappa shape index (κ2) is 8.41. The van der Waals surface area contributed by atoms with E-state index in [1.54, 1.807) is 23.4 Å². The normalized spacial score (nSPS) is 18.1. The predicted molar refractivity (Wildman–Crippen MR) is 101 cm³/mol. The molecular weight excluding hydrogens is 363 g/mol. The molecule has 0 spiro atoms. The monoisotopic (exact) mass is 388 g/mol. The zero-order chi connectivity index (χ0) is 20.3. The number of hydrogen-bond donors (Lipinski definition) is 2. The first kappa shape index (κ1) is 19.9. The molecule has 2 N–H and O–H groups in total. The molecule has 2 heterocycles. The summed E-state index contributed by atoms with van der Waals surface area (Å²) in [5, 5.41) is 2.81. The third kappa shape index (κ3) is 3.85. The number of esters is 1. The van der Waals surface area contributed by atoms with Crippen molar-refractivity contribution in [2.45, 2.75) is 38.8 Å². The maximum absolute atomic E-state index is 13.9. The summed E-state index contributed by atoms with van der Waals surface area (Å²) in [7, 11) is 1.30. The molecular formula is C20H25FN4O3. The summed E-state index contributed by atoms with van der Waals surface area (Å²) in [4.78, 5) is 34.3. The number of fused-ring (bicyclic) bond motifs is 1. The van der Waals surface area contributed by atoms with Crippen LogP contribution in [0.3, 0.4) is 0 Å². The summed E-state index contributed by atoms with van der Waals surface area (Å²) in [6.45, 7) is 4.24. The topological polar surface area (TPSA) is 87.3 Å². The molecule has 0 unspecified atom stereocenters. The van der Waals surface area contributed by atoms with Crippen LogP contribution in [0.5, 0.6) is 0 Å². The fraction of sp³-hybridized carbons (Fsp3) is 0.450. The van der Waals surface area contributed by atoms with Gasteiger partial charge in [0.15, 0.2) is 0 Å².